The lowest BCUT2D eigenvalue weighted by molar-refractivity contribution is -0.146. The van der Waals surface area contributed by atoms with Gasteiger partial charge in [0.2, 0.25) is 5.91 Å². The van der Waals surface area contributed by atoms with Crippen molar-refractivity contribution in [3.8, 4) is 0 Å². The Balaban J connectivity index is 1.87. The first kappa shape index (κ1) is 22.1. The van der Waals surface area contributed by atoms with E-state index in [4.69, 9.17) is 11.6 Å². The van der Waals surface area contributed by atoms with E-state index in [0.717, 1.165) is 10.4 Å². The molecule has 0 radical (unpaired) electrons. The van der Waals surface area contributed by atoms with Gasteiger partial charge in [-0.2, -0.15) is 0 Å². The summed E-state index contributed by atoms with van der Waals surface area (Å²) in [4.78, 5) is 38.4. The summed E-state index contributed by atoms with van der Waals surface area (Å²) in [6.45, 7) is 3.85. The number of allylic oxidation sites excluding steroid dienone is 2. The van der Waals surface area contributed by atoms with Gasteiger partial charge in [-0.25, -0.2) is 0 Å². The molecule has 0 spiro atoms. The monoisotopic (exact) mass is 446 g/mol. The Kier molecular flexibility index (Phi) is 6.95. The molecule has 0 bridgehead atoms. The zero-order valence-electron chi connectivity index (χ0n) is 16.7. The molecule has 3 rings (SSSR count). The molecule has 2 amide bonds. The maximum atomic E-state index is 13.0. The van der Waals surface area contributed by atoms with E-state index in [1.54, 1.807) is 30.3 Å². The predicted octanol–water partition coefficient (Wildman–Crippen LogP) is 5.13. The standard InChI is InChI=1S/C22H23ClN2O4S/c1-3-15-12(2)30-21(18(15)20(27)24-14-10-8-13(23)9-11-14)25-19(26)16-6-4-5-7-17(16)22(28)29/h4-5,8-11,16-17H,3,6-7H2,1-2H3,(H,24,27)(H,25,26)(H,28,29)/t16-,17+/m0/s1. The van der Waals surface area contributed by atoms with E-state index >= 15 is 0 Å². The highest BCUT2D eigenvalue weighted by Crippen LogP contribution is 2.36. The van der Waals surface area contributed by atoms with Gasteiger partial charge in [0.15, 0.2) is 0 Å². The number of hydrogen-bond donors (Lipinski definition) is 3. The molecule has 1 aliphatic rings. The highest BCUT2D eigenvalue weighted by Gasteiger charge is 2.35. The number of carbonyl (C=O) groups is 3. The van der Waals surface area contributed by atoms with E-state index in [1.807, 2.05) is 19.9 Å². The molecule has 0 saturated heterocycles. The summed E-state index contributed by atoms with van der Waals surface area (Å²) in [5, 5.41) is 16.1. The van der Waals surface area contributed by atoms with E-state index in [2.05, 4.69) is 10.6 Å². The minimum absolute atomic E-state index is 0.320. The Labute approximate surface area is 183 Å². The van der Waals surface area contributed by atoms with Gasteiger partial charge in [-0.05, 0) is 56.0 Å². The number of rotatable bonds is 6. The van der Waals surface area contributed by atoms with Crippen molar-refractivity contribution in [3.05, 3.63) is 57.4 Å². The van der Waals surface area contributed by atoms with Crippen LogP contribution >= 0.6 is 22.9 Å². The number of hydrogen-bond acceptors (Lipinski definition) is 4. The second kappa shape index (κ2) is 9.45. The number of aliphatic carboxylic acids is 1. The Morgan fingerprint density at radius 1 is 1.10 bits per heavy atom. The van der Waals surface area contributed by atoms with Gasteiger partial charge in [0.25, 0.3) is 5.91 Å². The lowest BCUT2D eigenvalue weighted by Crippen LogP contribution is -2.35. The first-order valence-electron chi connectivity index (χ1n) is 9.69. The predicted molar refractivity (Wildman–Crippen MR) is 119 cm³/mol. The number of anilines is 2. The number of amides is 2. The Morgan fingerprint density at radius 3 is 2.33 bits per heavy atom. The Hall–Kier alpha value is -2.64. The molecule has 0 saturated carbocycles. The molecule has 1 heterocycles. The van der Waals surface area contributed by atoms with E-state index < -0.39 is 17.8 Å². The zero-order valence-corrected chi connectivity index (χ0v) is 18.3. The maximum Gasteiger partial charge on any atom is 0.307 e. The number of carboxylic acid groups (broad SMARTS) is 1. The Morgan fingerprint density at radius 2 is 1.73 bits per heavy atom. The minimum Gasteiger partial charge on any atom is -0.481 e. The number of carbonyl (C=O) groups excluding carboxylic acids is 2. The van der Waals surface area contributed by atoms with Crippen molar-refractivity contribution in [3.63, 3.8) is 0 Å². The minimum atomic E-state index is -0.989. The summed E-state index contributed by atoms with van der Waals surface area (Å²) in [6, 6.07) is 6.77. The smallest absolute Gasteiger partial charge is 0.307 e. The van der Waals surface area contributed by atoms with Crippen molar-refractivity contribution >= 4 is 51.4 Å². The summed E-state index contributed by atoms with van der Waals surface area (Å²) in [6.07, 6.45) is 4.93. The molecular formula is C22H23ClN2O4S. The van der Waals surface area contributed by atoms with Crippen LogP contribution in [0.4, 0.5) is 10.7 Å². The molecule has 158 valence electrons. The molecule has 2 atom stereocenters. The van der Waals surface area contributed by atoms with Crippen LogP contribution in [-0.4, -0.2) is 22.9 Å². The van der Waals surface area contributed by atoms with Crippen molar-refractivity contribution in [1.29, 1.82) is 0 Å². The fraction of sp³-hybridized carbons (Fsp3) is 0.318. The lowest BCUT2D eigenvalue weighted by atomic mass is 9.82. The average Bonchev–Trinajstić information content (AvgIpc) is 3.04. The second-order valence-electron chi connectivity index (χ2n) is 7.14. The van der Waals surface area contributed by atoms with Crippen LogP contribution in [0.15, 0.2) is 36.4 Å². The van der Waals surface area contributed by atoms with Crippen LogP contribution in [0.5, 0.6) is 0 Å². The van der Waals surface area contributed by atoms with Crippen molar-refractivity contribution in [1.82, 2.24) is 0 Å². The summed E-state index contributed by atoms with van der Waals surface area (Å²) in [5.41, 5.74) is 1.87. The second-order valence-corrected chi connectivity index (χ2v) is 8.80. The van der Waals surface area contributed by atoms with Crippen LogP contribution in [0.2, 0.25) is 5.02 Å². The van der Waals surface area contributed by atoms with Gasteiger partial charge >= 0.3 is 5.97 Å². The van der Waals surface area contributed by atoms with Gasteiger partial charge < -0.3 is 15.7 Å². The lowest BCUT2D eigenvalue weighted by Gasteiger charge is -2.24. The molecule has 8 heteroatoms. The van der Waals surface area contributed by atoms with Crippen LogP contribution in [-0.2, 0) is 16.0 Å². The molecule has 1 aromatic carbocycles. The third kappa shape index (κ3) is 4.74. The normalized spacial score (nSPS) is 18.1. The van der Waals surface area contributed by atoms with Crippen LogP contribution in [0.25, 0.3) is 0 Å². The fourth-order valence-corrected chi connectivity index (χ4v) is 4.91. The number of nitrogens with one attached hydrogen (secondary N) is 2. The molecule has 1 aromatic heterocycles. The van der Waals surface area contributed by atoms with Crippen LogP contribution in [0, 0.1) is 18.8 Å². The molecule has 1 aliphatic carbocycles. The van der Waals surface area contributed by atoms with Gasteiger partial charge in [-0.15, -0.1) is 11.3 Å². The van der Waals surface area contributed by atoms with Crippen molar-refractivity contribution in [2.45, 2.75) is 33.1 Å². The molecule has 0 aliphatic heterocycles. The number of thiophene rings is 1. The van der Waals surface area contributed by atoms with Crippen molar-refractivity contribution in [2.75, 3.05) is 10.6 Å². The third-order valence-electron chi connectivity index (χ3n) is 5.21. The molecular weight excluding hydrogens is 424 g/mol. The van der Waals surface area contributed by atoms with E-state index in [0.29, 0.717) is 40.5 Å². The summed E-state index contributed by atoms with van der Waals surface area (Å²) < 4.78 is 0. The van der Waals surface area contributed by atoms with E-state index in [9.17, 15) is 19.5 Å². The summed E-state index contributed by atoms with van der Waals surface area (Å²) in [7, 11) is 0. The highest BCUT2D eigenvalue weighted by molar-refractivity contribution is 7.16. The summed E-state index contributed by atoms with van der Waals surface area (Å²) >= 11 is 7.23. The van der Waals surface area contributed by atoms with Gasteiger partial charge in [-0.3, -0.25) is 14.4 Å². The van der Waals surface area contributed by atoms with Crippen molar-refractivity contribution in [2.24, 2.45) is 11.8 Å². The van der Waals surface area contributed by atoms with Crippen LogP contribution < -0.4 is 10.6 Å². The van der Waals surface area contributed by atoms with Gasteiger partial charge in [-0.1, -0.05) is 30.7 Å². The summed E-state index contributed by atoms with van der Waals surface area (Å²) in [5.74, 6) is -3.14. The fourth-order valence-electron chi connectivity index (χ4n) is 3.64. The third-order valence-corrected chi connectivity index (χ3v) is 6.53. The maximum absolute atomic E-state index is 13.0. The van der Waals surface area contributed by atoms with Crippen LogP contribution in [0.1, 0.15) is 40.6 Å². The molecule has 3 N–H and O–H groups in total. The van der Waals surface area contributed by atoms with Crippen LogP contribution in [0.3, 0.4) is 0 Å². The highest BCUT2D eigenvalue weighted by atomic mass is 35.5. The first-order valence-corrected chi connectivity index (χ1v) is 10.9. The first-order chi connectivity index (χ1) is 14.3. The molecule has 0 fully saturated rings. The average molecular weight is 447 g/mol. The number of benzene rings is 1. The SMILES string of the molecule is CCc1c(C)sc(NC(=O)[C@H]2CC=CC[C@H]2C(=O)O)c1C(=O)Nc1ccc(Cl)cc1. The van der Waals surface area contributed by atoms with E-state index in [-0.39, 0.29) is 11.8 Å². The molecule has 2 aromatic rings. The van der Waals surface area contributed by atoms with Gasteiger partial charge in [0, 0.05) is 15.6 Å². The number of halogens is 1. The number of carboxylic acids is 1. The van der Waals surface area contributed by atoms with Gasteiger partial charge in [0.05, 0.1) is 17.4 Å². The quantitative estimate of drug-likeness (QED) is 0.536. The Bertz CT molecular complexity index is 997. The van der Waals surface area contributed by atoms with Gasteiger partial charge in [0.1, 0.15) is 5.00 Å². The largest absolute Gasteiger partial charge is 0.481 e. The van der Waals surface area contributed by atoms with E-state index in [1.165, 1.54) is 11.3 Å². The molecule has 6 nitrogen and oxygen atoms in total. The topological polar surface area (TPSA) is 95.5 Å². The number of aryl methyl sites for hydroxylation is 1. The molecule has 30 heavy (non-hydrogen) atoms. The zero-order chi connectivity index (χ0) is 21.8. The molecule has 0 unspecified atom stereocenters. The van der Waals surface area contributed by atoms with Crippen molar-refractivity contribution < 1.29 is 19.5 Å².